The van der Waals surface area contributed by atoms with Gasteiger partial charge in [-0.15, -0.1) is 0 Å². The monoisotopic (exact) mass is 654 g/mol. The Balaban J connectivity index is 0.000000188. The normalized spacial score (nSPS) is 10.8. The molecular weight excluding hydrogens is 626 g/mol. The Labute approximate surface area is 270 Å². The van der Waals surface area contributed by atoms with Crippen LogP contribution in [0.25, 0.3) is 11.6 Å². The zero-order valence-electron chi connectivity index (χ0n) is 25.6. The van der Waals surface area contributed by atoms with Gasteiger partial charge in [-0.1, -0.05) is 24.3 Å². The van der Waals surface area contributed by atoms with E-state index in [0.717, 1.165) is 20.5 Å². The maximum atomic E-state index is 13.9. The summed E-state index contributed by atoms with van der Waals surface area (Å²) >= 11 is 0. The maximum Gasteiger partial charge on any atom is 0.335 e. The molecule has 0 unspecified atom stereocenters. The topological polar surface area (TPSA) is 176 Å². The molecule has 0 aliphatic heterocycles. The second-order valence-corrected chi connectivity index (χ2v) is 10.9. The van der Waals surface area contributed by atoms with Crippen molar-refractivity contribution in [1.29, 1.82) is 0 Å². The number of nitrogens with one attached hydrogen (secondary N) is 2. The van der Waals surface area contributed by atoms with E-state index in [-0.39, 0.29) is 47.2 Å². The molecule has 244 valence electrons. The van der Waals surface area contributed by atoms with Crippen molar-refractivity contribution >= 4 is 11.9 Å². The van der Waals surface area contributed by atoms with Crippen molar-refractivity contribution in [2.45, 2.75) is 26.7 Å². The van der Waals surface area contributed by atoms with Crippen LogP contribution in [0.2, 0.25) is 0 Å². The largest absolute Gasteiger partial charge is 0.478 e. The molecule has 0 fully saturated rings. The summed E-state index contributed by atoms with van der Waals surface area (Å²) in [6.07, 6.45) is 3.05. The lowest BCUT2D eigenvalue weighted by Gasteiger charge is -2.04. The quantitative estimate of drug-likeness (QED) is 0.184. The van der Waals surface area contributed by atoms with Gasteiger partial charge in [-0.3, -0.25) is 19.8 Å². The van der Waals surface area contributed by atoms with E-state index in [1.54, 1.807) is 38.1 Å². The van der Waals surface area contributed by atoms with Crippen molar-refractivity contribution in [2.75, 3.05) is 0 Å². The fraction of sp³-hybridized carbons (Fsp3) is 0.118. The first-order valence-electron chi connectivity index (χ1n) is 14.4. The summed E-state index contributed by atoms with van der Waals surface area (Å²) < 4.78 is 30.1. The number of pyridine rings is 2. The zero-order chi connectivity index (χ0) is 34.5. The Kier molecular flexibility index (Phi) is 9.54. The summed E-state index contributed by atoms with van der Waals surface area (Å²) in [5, 5.41) is 23.7. The Hall–Kier alpha value is -6.44. The lowest BCUT2D eigenvalue weighted by molar-refractivity contribution is 0.0686. The van der Waals surface area contributed by atoms with Crippen LogP contribution in [0, 0.1) is 25.5 Å². The highest BCUT2D eigenvalue weighted by Gasteiger charge is 2.13. The van der Waals surface area contributed by atoms with Crippen LogP contribution < -0.4 is 11.1 Å². The van der Waals surface area contributed by atoms with Gasteiger partial charge in [-0.2, -0.15) is 0 Å². The number of H-pyrrole nitrogens is 2. The summed E-state index contributed by atoms with van der Waals surface area (Å²) in [6, 6.07) is 17.7. The molecule has 0 saturated carbocycles. The highest BCUT2D eigenvalue weighted by molar-refractivity contribution is 5.88. The molecule has 14 heteroatoms. The molecule has 12 nitrogen and oxygen atoms in total. The summed E-state index contributed by atoms with van der Waals surface area (Å²) in [4.78, 5) is 54.2. The van der Waals surface area contributed by atoms with Crippen molar-refractivity contribution in [3.05, 3.63) is 162 Å². The SMILES string of the molecule is Cc1ccc(Cc2cc(=O)n(-c3cc(C(=O)O)ccn3)[nH]2)c(F)c1.Cc1ccc(Cc2cc(=O)n(-c3cc(C(=O)O)ccn3)[nH]2)c(F)c1. The van der Waals surface area contributed by atoms with Crippen molar-refractivity contribution in [3.8, 4) is 11.6 Å². The maximum absolute atomic E-state index is 13.9. The number of aromatic carboxylic acids is 2. The van der Waals surface area contributed by atoms with E-state index in [2.05, 4.69) is 20.2 Å². The molecule has 0 aliphatic rings. The number of carboxylic acid groups (broad SMARTS) is 2. The Bertz CT molecular complexity index is 2110. The molecular formula is C34H28F2N6O6. The number of aromatic nitrogens is 6. The highest BCUT2D eigenvalue weighted by Crippen LogP contribution is 2.15. The standard InChI is InChI=1S/2C17H14FN3O3/c2*1-10-2-3-11(14(18)6-10)7-13-9-16(22)21(20-13)15-8-12(17(23)24)4-5-19-15/h2*2-6,8-9,20H,7H2,1H3,(H,23,24). The molecule has 0 spiro atoms. The predicted molar refractivity (Wildman–Crippen MR) is 170 cm³/mol. The van der Waals surface area contributed by atoms with Gasteiger partial charge in [0.2, 0.25) is 0 Å². The summed E-state index contributed by atoms with van der Waals surface area (Å²) in [5.41, 5.74) is 2.81. The van der Waals surface area contributed by atoms with Gasteiger partial charge in [0.25, 0.3) is 11.1 Å². The van der Waals surface area contributed by atoms with E-state index in [4.69, 9.17) is 10.2 Å². The first-order chi connectivity index (χ1) is 22.9. The third-order valence-corrected chi connectivity index (χ3v) is 7.17. The molecule has 0 bridgehead atoms. The Morgan fingerprint density at radius 2 is 1.04 bits per heavy atom. The predicted octanol–water partition coefficient (Wildman–Crippen LogP) is 4.59. The number of aryl methyl sites for hydroxylation is 2. The lowest BCUT2D eigenvalue weighted by atomic mass is 10.1. The number of nitrogens with zero attached hydrogens (tertiary/aromatic N) is 4. The van der Waals surface area contributed by atoms with Gasteiger partial charge in [-0.25, -0.2) is 37.7 Å². The molecule has 0 atom stereocenters. The van der Waals surface area contributed by atoms with Crippen molar-refractivity contribution in [2.24, 2.45) is 0 Å². The van der Waals surface area contributed by atoms with E-state index in [1.165, 1.54) is 60.9 Å². The number of hydrogen-bond donors (Lipinski definition) is 4. The van der Waals surface area contributed by atoms with Crippen LogP contribution in [0.5, 0.6) is 0 Å². The number of aromatic amines is 2. The Morgan fingerprint density at radius 3 is 1.40 bits per heavy atom. The van der Waals surface area contributed by atoms with Gasteiger partial charge in [0.1, 0.15) is 11.6 Å². The second kappa shape index (κ2) is 13.9. The fourth-order valence-electron chi connectivity index (χ4n) is 4.76. The number of rotatable bonds is 8. The van der Waals surface area contributed by atoms with Crippen LogP contribution in [0.3, 0.4) is 0 Å². The Morgan fingerprint density at radius 1 is 0.646 bits per heavy atom. The van der Waals surface area contributed by atoms with Gasteiger partial charge in [0.15, 0.2) is 11.6 Å². The van der Waals surface area contributed by atoms with Crippen LogP contribution in [0.4, 0.5) is 8.78 Å². The van der Waals surface area contributed by atoms with Gasteiger partial charge in [0.05, 0.1) is 11.1 Å². The third-order valence-electron chi connectivity index (χ3n) is 7.17. The van der Waals surface area contributed by atoms with E-state index < -0.39 is 23.1 Å². The smallest absolute Gasteiger partial charge is 0.335 e. The minimum atomic E-state index is -1.11. The molecule has 0 amide bonds. The van der Waals surface area contributed by atoms with E-state index in [0.29, 0.717) is 22.5 Å². The van der Waals surface area contributed by atoms with Crippen LogP contribution in [0.15, 0.2) is 94.8 Å². The van der Waals surface area contributed by atoms with Gasteiger partial charge < -0.3 is 10.2 Å². The molecule has 0 aliphatic carbocycles. The van der Waals surface area contributed by atoms with Crippen molar-refractivity contribution in [1.82, 2.24) is 29.5 Å². The van der Waals surface area contributed by atoms with Gasteiger partial charge >= 0.3 is 11.9 Å². The van der Waals surface area contributed by atoms with Crippen LogP contribution >= 0.6 is 0 Å². The first-order valence-corrected chi connectivity index (χ1v) is 14.4. The summed E-state index contributed by atoms with van der Waals surface area (Å²) in [5.74, 6) is -2.57. The minimum absolute atomic E-state index is 0.0210. The average Bonchev–Trinajstić information content (AvgIpc) is 3.61. The van der Waals surface area contributed by atoms with E-state index in [9.17, 15) is 28.0 Å². The van der Waals surface area contributed by atoms with Gasteiger partial charge in [-0.05, 0) is 72.5 Å². The number of halogens is 2. The van der Waals surface area contributed by atoms with Crippen LogP contribution in [0.1, 0.15) is 54.4 Å². The first kappa shape index (κ1) is 32.9. The average molecular weight is 655 g/mol. The fourth-order valence-corrected chi connectivity index (χ4v) is 4.76. The number of hydrogen-bond acceptors (Lipinski definition) is 6. The second-order valence-electron chi connectivity index (χ2n) is 10.9. The molecule has 2 aromatic carbocycles. The molecule has 4 heterocycles. The molecule has 6 rings (SSSR count). The highest BCUT2D eigenvalue weighted by atomic mass is 19.1. The van der Waals surface area contributed by atoms with Gasteiger partial charge in [0, 0.05) is 48.8 Å². The molecule has 0 radical (unpaired) electrons. The summed E-state index contributed by atoms with van der Waals surface area (Å²) in [7, 11) is 0. The summed E-state index contributed by atoms with van der Waals surface area (Å²) in [6.45, 7) is 3.60. The van der Waals surface area contributed by atoms with Crippen molar-refractivity contribution < 1.29 is 28.6 Å². The molecule has 4 N–H and O–H groups in total. The molecule has 6 aromatic rings. The van der Waals surface area contributed by atoms with E-state index in [1.807, 2.05) is 0 Å². The van der Waals surface area contributed by atoms with Crippen LogP contribution in [-0.2, 0) is 12.8 Å². The number of carbonyl (C=O) groups is 2. The minimum Gasteiger partial charge on any atom is -0.478 e. The van der Waals surface area contributed by atoms with E-state index >= 15 is 0 Å². The molecule has 48 heavy (non-hydrogen) atoms. The zero-order valence-corrected chi connectivity index (χ0v) is 25.6. The molecule has 0 saturated heterocycles. The molecule has 4 aromatic heterocycles. The van der Waals surface area contributed by atoms with Crippen LogP contribution in [-0.4, -0.2) is 51.7 Å². The van der Waals surface area contributed by atoms with Crippen molar-refractivity contribution in [3.63, 3.8) is 0 Å². The third kappa shape index (κ3) is 7.67. The lowest BCUT2D eigenvalue weighted by Crippen LogP contribution is -2.15. The number of benzene rings is 2. The number of carboxylic acids is 2.